The molecule has 2 heterocycles. The molecular formula is C33H35FN4O2. The predicted molar refractivity (Wildman–Crippen MR) is 153 cm³/mol. The fraction of sp³-hybridized carbons (Fsp3) is 0.394. The molecule has 2 saturated heterocycles. The number of carbonyl (C=O) groups excluding carboxylic acids is 1. The monoisotopic (exact) mass is 538 g/mol. The van der Waals surface area contributed by atoms with Gasteiger partial charge in [-0.3, -0.25) is 9.69 Å². The minimum Gasteiger partial charge on any atom is -0.378 e. The molecule has 2 atom stereocenters. The number of aryl methyl sites for hydroxylation is 1. The van der Waals surface area contributed by atoms with Gasteiger partial charge in [0.25, 0.3) is 0 Å². The normalized spacial score (nSPS) is 22.1. The van der Waals surface area contributed by atoms with Crippen LogP contribution in [0.2, 0.25) is 0 Å². The van der Waals surface area contributed by atoms with Gasteiger partial charge in [-0.05, 0) is 77.1 Å². The number of amides is 1. The Bertz CT molecular complexity index is 1450. The Labute approximate surface area is 235 Å². The number of hydrogen-bond donors (Lipinski definition) is 1. The van der Waals surface area contributed by atoms with Gasteiger partial charge in [0.05, 0.1) is 30.5 Å². The molecule has 7 heteroatoms. The molecular weight excluding hydrogens is 503 g/mol. The van der Waals surface area contributed by atoms with E-state index in [1.165, 1.54) is 17.2 Å². The zero-order chi connectivity index (χ0) is 27.8. The lowest BCUT2D eigenvalue weighted by atomic mass is 9.87. The molecule has 6 nitrogen and oxygen atoms in total. The van der Waals surface area contributed by atoms with E-state index in [2.05, 4.69) is 42.2 Å². The van der Waals surface area contributed by atoms with Crippen molar-refractivity contribution in [1.82, 2.24) is 4.90 Å². The Kier molecular flexibility index (Phi) is 7.31. The first-order chi connectivity index (χ1) is 19.5. The zero-order valence-corrected chi connectivity index (χ0v) is 22.9. The average Bonchev–Trinajstić information content (AvgIpc) is 3.41. The van der Waals surface area contributed by atoms with Crippen molar-refractivity contribution in [2.75, 3.05) is 44.3 Å². The number of carbonyl (C=O) groups is 1. The third-order valence-corrected chi connectivity index (χ3v) is 9.01. The maximum Gasteiger partial charge on any atom is 0.248 e. The molecule has 1 amide bonds. The summed E-state index contributed by atoms with van der Waals surface area (Å²) in [4.78, 5) is 17.0. The Morgan fingerprint density at radius 1 is 1.05 bits per heavy atom. The summed E-state index contributed by atoms with van der Waals surface area (Å²) >= 11 is 0. The van der Waals surface area contributed by atoms with Gasteiger partial charge in [0.1, 0.15) is 5.82 Å². The van der Waals surface area contributed by atoms with E-state index in [0.29, 0.717) is 78.4 Å². The van der Waals surface area contributed by atoms with Crippen LogP contribution >= 0.6 is 0 Å². The van der Waals surface area contributed by atoms with Crippen molar-refractivity contribution >= 4 is 11.6 Å². The number of piperidine rings is 1. The molecule has 2 aliphatic heterocycles. The molecule has 0 bridgehead atoms. The van der Waals surface area contributed by atoms with Gasteiger partial charge in [0.15, 0.2) is 0 Å². The van der Waals surface area contributed by atoms with Crippen molar-refractivity contribution in [1.29, 1.82) is 5.26 Å². The number of benzene rings is 3. The van der Waals surface area contributed by atoms with Gasteiger partial charge in [-0.2, -0.15) is 5.26 Å². The number of likely N-dealkylation sites (tertiary alicyclic amines) is 1. The van der Waals surface area contributed by atoms with Crippen molar-refractivity contribution in [3.05, 3.63) is 88.2 Å². The third kappa shape index (κ3) is 5.10. The van der Waals surface area contributed by atoms with Crippen molar-refractivity contribution in [2.24, 2.45) is 23.5 Å². The molecule has 0 aromatic heterocycles. The lowest BCUT2D eigenvalue weighted by molar-refractivity contribution is 0.0999. The van der Waals surface area contributed by atoms with Crippen LogP contribution in [0.4, 0.5) is 10.1 Å². The average molecular weight is 539 g/mol. The summed E-state index contributed by atoms with van der Waals surface area (Å²) in [7, 11) is 0. The van der Waals surface area contributed by atoms with Crippen LogP contribution in [0.3, 0.4) is 0 Å². The molecule has 1 aliphatic carbocycles. The van der Waals surface area contributed by atoms with Crippen LogP contribution in [0.1, 0.15) is 39.5 Å². The van der Waals surface area contributed by atoms with Crippen LogP contribution < -0.4 is 10.6 Å². The lowest BCUT2D eigenvalue weighted by Crippen LogP contribution is -2.36. The lowest BCUT2D eigenvalue weighted by Gasteiger charge is -2.29. The maximum absolute atomic E-state index is 15.4. The predicted octanol–water partition coefficient (Wildman–Crippen LogP) is 4.78. The maximum atomic E-state index is 15.4. The Hall–Kier alpha value is -3.73. The van der Waals surface area contributed by atoms with E-state index in [-0.39, 0.29) is 5.82 Å². The van der Waals surface area contributed by atoms with Crippen molar-refractivity contribution in [2.45, 2.75) is 26.3 Å². The molecule has 3 aromatic carbocycles. The molecule has 3 aliphatic rings. The minimum atomic E-state index is -0.519. The second kappa shape index (κ2) is 11.0. The van der Waals surface area contributed by atoms with E-state index in [0.717, 1.165) is 31.6 Å². The zero-order valence-electron chi connectivity index (χ0n) is 22.9. The summed E-state index contributed by atoms with van der Waals surface area (Å²) in [6.45, 7) is 7.55. The summed E-state index contributed by atoms with van der Waals surface area (Å²) in [6.07, 6.45) is 1.70. The highest BCUT2D eigenvalue weighted by atomic mass is 19.1. The highest BCUT2D eigenvalue weighted by Gasteiger charge is 2.55. The third-order valence-electron chi connectivity index (χ3n) is 9.01. The highest BCUT2D eigenvalue weighted by molar-refractivity contribution is 5.97. The molecule has 0 radical (unpaired) electrons. The van der Waals surface area contributed by atoms with E-state index in [9.17, 15) is 10.1 Å². The van der Waals surface area contributed by atoms with E-state index < -0.39 is 5.91 Å². The number of nitrogens with two attached hydrogens (primary N) is 1. The van der Waals surface area contributed by atoms with E-state index in [1.807, 2.05) is 11.0 Å². The number of nitriles is 1. The number of halogens is 1. The number of anilines is 1. The minimum absolute atomic E-state index is 0.343. The van der Waals surface area contributed by atoms with Crippen LogP contribution in [0.25, 0.3) is 11.1 Å². The van der Waals surface area contributed by atoms with Crippen LogP contribution in [0, 0.1) is 34.9 Å². The van der Waals surface area contributed by atoms with Gasteiger partial charge >= 0.3 is 0 Å². The first-order valence-electron chi connectivity index (χ1n) is 14.3. The SMILES string of the molecule is CCc1ccc(CN2CC3C(Cc4c(C(N)=O)ccc(C#N)c4-c4ccc(N5CCOCC5)c(F)c4)C3C2)cc1. The van der Waals surface area contributed by atoms with Gasteiger partial charge < -0.3 is 15.4 Å². The van der Waals surface area contributed by atoms with Crippen molar-refractivity contribution in [3.63, 3.8) is 0 Å². The topological polar surface area (TPSA) is 82.6 Å². The quantitative estimate of drug-likeness (QED) is 0.446. The molecule has 2 N–H and O–H groups in total. The fourth-order valence-electron chi connectivity index (χ4n) is 6.78. The molecule has 6 rings (SSSR count). The van der Waals surface area contributed by atoms with Crippen LogP contribution in [0.15, 0.2) is 54.6 Å². The van der Waals surface area contributed by atoms with E-state index in [4.69, 9.17) is 10.5 Å². The van der Waals surface area contributed by atoms with Gasteiger partial charge in [-0.15, -0.1) is 0 Å². The molecule has 40 heavy (non-hydrogen) atoms. The Morgan fingerprint density at radius 3 is 2.38 bits per heavy atom. The fourth-order valence-corrected chi connectivity index (χ4v) is 6.78. The van der Waals surface area contributed by atoms with Crippen molar-refractivity contribution < 1.29 is 13.9 Å². The molecule has 2 unspecified atom stereocenters. The summed E-state index contributed by atoms with van der Waals surface area (Å²) in [6, 6.07) is 19.6. The van der Waals surface area contributed by atoms with E-state index in [1.54, 1.807) is 18.2 Å². The number of ether oxygens (including phenoxy) is 1. The first kappa shape index (κ1) is 26.5. The first-order valence-corrected chi connectivity index (χ1v) is 14.3. The second-order valence-corrected chi connectivity index (χ2v) is 11.3. The number of rotatable bonds is 8. The number of nitrogens with zero attached hydrogens (tertiary/aromatic N) is 3. The molecule has 0 spiro atoms. The molecule has 3 fully saturated rings. The summed E-state index contributed by atoms with van der Waals surface area (Å²) in [5.41, 5.74) is 11.9. The summed E-state index contributed by atoms with van der Waals surface area (Å²) in [5, 5.41) is 9.99. The van der Waals surface area contributed by atoms with E-state index >= 15 is 4.39 Å². The highest BCUT2D eigenvalue weighted by Crippen LogP contribution is 2.54. The van der Waals surface area contributed by atoms with Gasteiger partial charge in [-0.25, -0.2) is 4.39 Å². The van der Waals surface area contributed by atoms with Gasteiger partial charge in [-0.1, -0.05) is 37.3 Å². The standard InChI is InChI=1S/C33H35FN4O2/c1-2-21-3-5-22(6-4-21)18-37-19-28-26(29(28)20-37)16-27-25(33(36)39)9-7-24(17-35)32(27)23-8-10-31(30(34)15-23)38-11-13-40-14-12-38/h3-10,15,26,28-29H,2,11-14,16,18-20H2,1H3,(H2,36,39). The van der Waals surface area contributed by atoms with Crippen LogP contribution in [-0.4, -0.2) is 50.2 Å². The van der Waals surface area contributed by atoms with Gasteiger partial charge in [0, 0.05) is 43.9 Å². The number of primary amides is 1. The van der Waals surface area contributed by atoms with Gasteiger partial charge in [0.2, 0.25) is 5.91 Å². The molecule has 3 aromatic rings. The Morgan fingerprint density at radius 2 is 1.75 bits per heavy atom. The van der Waals surface area contributed by atoms with Crippen molar-refractivity contribution in [3.8, 4) is 17.2 Å². The second-order valence-electron chi connectivity index (χ2n) is 11.3. The molecule has 1 saturated carbocycles. The Balaban J connectivity index is 1.24. The summed E-state index contributed by atoms with van der Waals surface area (Å²) < 4.78 is 20.8. The smallest absolute Gasteiger partial charge is 0.248 e. The molecule has 206 valence electrons. The van der Waals surface area contributed by atoms with Crippen LogP contribution in [-0.2, 0) is 24.1 Å². The number of hydrogen-bond acceptors (Lipinski definition) is 5. The largest absolute Gasteiger partial charge is 0.378 e. The number of fused-ring (bicyclic) bond motifs is 1. The van der Waals surface area contributed by atoms with Crippen LogP contribution in [0.5, 0.6) is 0 Å². The summed E-state index contributed by atoms with van der Waals surface area (Å²) in [5.74, 6) is 0.657. The number of morpholine rings is 1.